The van der Waals surface area contributed by atoms with Crippen molar-refractivity contribution in [2.24, 2.45) is 0 Å². The molecule has 0 unspecified atom stereocenters. The van der Waals surface area contributed by atoms with Crippen LogP contribution in [0.1, 0.15) is 23.7 Å². The van der Waals surface area contributed by atoms with Gasteiger partial charge in [0.25, 0.3) is 0 Å². The van der Waals surface area contributed by atoms with Crippen LogP contribution < -0.4 is 4.74 Å². The molecular formula is C15H14F3NO2. The number of nitrogens with zero attached hydrogens (tertiary/aromatic N) is 1. The first-order valence-corrected chi connectivity index (χ1v) is 6.38. The smallest absolute Gasteiger partial charge is 0.416 e. The van der Waals surface area contributed by atoms with Crippen molar-refractivity contribution in [3.8, 4) is 11.6 Å². The molecule has 0 saturated carbocycles. The predicted octanol–water partition coefficient (Wildman–Crippen LogP) is 3.95. The molecule has 1 aromatic carbocycles. The number of ether oxygens (including phenoxy) is 1. The average molecular weight is 297 g/mol. The van der Waals surface area contributed by atoms with Gasteiger partial charge in [-0.3, -0.25) is 0 Å². The third-order valence-electron chi connectivity index (χ3n) is 2.86. The van der Waals surface area contributed by atoms with E-state index in [0.717, 1.165) is 17.8 Å². The van der Waals surface area contributed by atoms with Crippen molar-refractivity contribution in [1.82, 2.24) is 4.98 Å². The van der Waals surface area contributed by atoms with Crippen LogP contribution in [0.15, 0.2) is 36.4 Å². The Morgan fingerprint density at radius 3 is 2.33 bits per heavy atom. The summed E-state index contributed by atoms with van der Waals surface area (Å²) in [5, 5.41) is 9.17. The first-order chi connectivity index (χ1) is 9.92. The second-order valence-electron chi connectivity index (χ2n) is 4.44. The van der Waals surface area contributed by atoms with Gasteiger partial charge in [-0.2, -0.15) is 13.2 Å². The lowest BCUT2D eigenvalue weighted by molar-refractivity contribution is -0.137. The van der Waals surface area contributed by atoms with E-state index in [0.29, 0.717) is 12.0 Å². The minimum absolute atomic E-state index is 0.154. The number of aliphatic hydroxyl groups is 1. The van der Waals surface area contributed by atoms with E-state index in [2.05, 4.69) is 4.98 Å². The van der Waals surface area contributed by atoms with Crippen molar-refractivity contribution in [3.05, 3.63) is 53.2 Å². The highest BCUT2D eigenvalue weighted by Gasteiger charge is 2.30. The van der Waals surface area contributed by atoms with Gasteiger partial charge >= 0.3 is 6.18 Å². The number of hydrogen-bond donors (Lipinski definition) is 1. The first kappa shape index (κ1) is 15.3. The fraction of sp³-hybridized carbons (Fsp3) is 0.267. The fourth-order valence-electron chi connectivity index (χ4n) is 1.78. The van der Waals surface area contributed by atoms with E-state index >= 15 is 0 Å². The van der Waals surface area contributed by atoms with Crippen molar-refractivity contribution >= 4 is 0 Å². The normalized spacial score (nSPS) is 11.5. The lowest BCUT2D eigenvalue weighted by atomic mass is 10.2. The Bertz CT molecular complexity index is 587. The van der Waals surface area contributed by atoms with Gasteiger partial charge in [-0.15, -0.1) is 0 Å². The van der Waals surface area contributed by atoms with Crippen LogP contribution in [0.2, 0.25) is 0 Å². The minimum atomic E-state index is -4.37. The second kappa shape index (κ2) is 6.13. The topological polar surface area (TPSA) is 42.4 Å². The van der Waals surface area contributed by atoms with Crippen LogP contribution >= 0.6 is 0 Å². The van der Waals surface area contributed by atoms with Crippen LogP contribution in [0, 0.1) is 0 Å². The summed E-state index contributed by atoms with van der Waals surface area (Å²) in [4.78, 5) is 4.21. The van der Waals surface area contributed by atoms with Gasteiger partial charge < -0.3 is 9.84 Å². The first-order valence-electron chi connectivity index (χ1n) is 6.38. The van der Waals surface area contributed by atoms with Crippen LogP contribution in [0.25, 0.3) is 0 Å². The third kappa shape index (κ3) is 3.95. The molecule has 0 spiro atoms. The number of rotatable bonds is 4. The van der Waals surface area contributed by atoms with E-state index in [1.807, 2.05) is 6.92 Å². The number of halogens is 3. The molecule has 21 heavy (non-hydrogen) atoms. The number of aliphatic hydroxyl groups excluding tert-OH is 1. The quantitative estimate of drug-likeness (QED) is 0.929. The van der Waals surface area contributed by atoms with Crippen LogP contribution in [0.3, 0.4) is 0 Å². The van der Waals surface area contributed by atoms with Gasteiger partial charge in [0, 0.05) is 11.8 Å². The molecule has 0 aliphatic rings. The molecule has 0 aliphatic carbocycles. The summed E-state index contributed by atoms with van der Waals surface area (Å²) in [5.41, 5.74) is 0.647. The van der Waals surface area contributed by atoms with Crippen LogP contribution in [-0.2, 0) is 19.2 Å². The van der Waals surface area contributed by atoms with Crippen LogP contribution in [-0.4, -0.2) is 10.1 Å². The van der Waals surface area contributed by atoms with E-state index in [4.69, 9.17) is 9.84 Å². The molecule has 112 valence electrons. The minimum Gasteiger partial charge on any atom is -0.439 e. The highest BCUT2D eigenvalue weighted by Crippen LogP contribution is 2.31. The zero-order valence-electron chi connectivity index (χ0n) is 11.3. The van der Waals surface area contributed by atoms with Crippen molar-refractivity contribution in [3.63, 3.8) is 0 Å². The Hall–Kier alpha value is -2.08. The summed E-state index contributed by atoms with van der Waals surface area (Å²) < 4.78 is 42.8. The van der Waals surface area contributed by atoms with Crippen LogP contribution in [0.5, 0.6) is 11.6 Å². The number of aryl methyl sites for hydroxylation is 1. The number of aromatic nitrogens is 1. The summed E-state index contributed by atoms with van der Waals surface area (Å²) in [6, 6.07) is 7.68. The molecule has 0 fully saturated rings. The summed E-state index contributed by atoms with van der Waals surface area (Å²) in [6.07, 6.45) is -3.71. The molecule has 0 amide bonds. The number of benzene rings is 1. The van der Waals surface area contributed by atoms with Gasteiger partial charge in [0.15, 0.2) is 0 Å². The lowest BCUT2D eigenvalue weighted by Crippen LogP contribution is -2.04. The number of alkyl halides is 3. The number of hydrogen-bond acceptors (Lipinski definition) is 3. The van der Waals surface area contributed by atoms with Gasteiger partial charge in [-0.25, -0.2) is 4.98 Å². The highest BCUT2D eigenvalue weighted by atomic mass is 19.4. The number of pyridine rings is 1. The van der Waals surface area contributed by atoms with Gasteiger partial charge in [-0.05, 0) is 42.3 Å². The second-order valence-corrected chi connectivity index (χ2v) is 4.44. The van der Waals surface area contributed by atoms with Crippen molar-refractivity contribution in [2.75, 3.05) is 0 Å². The molecule has 1 heterocycles. The van der Waals surface area contributed by atoms with Gasteiger partial charge in [0.2, 0.25) is 5.88 Å². The lowest BCUT2D eigenvalue weighted by Gasteiger charge is -2.10. The molecule has 1 aromatic heterocycles. The molecule has 3 nitrogen and oxygen atoms in total. The maximum Gasteiger partial charge on any atom is 0.416 e. The zero-order valence-corrected chi connectivity index (χ0v) is 11.3. The van der Waals surface area contributed by atoms with Gasteiger partial charge in [0.05, 0.1) is 12.2 Å². The molecule has 0 radical (unpaired) electrons. The standard InChI is InChI=1S/C15H14F3NO2/c1-2-12-7-10(9-20)8-14(19-12)21-13-5-3-11(4-6-13)15(16,17)18/h3-8,20H,2,9H2,1H3. The van der Waals surface area contributed by atoms with Crippen molar-refractivity contribution in [2.45, 2.75) is 26.1 Å². The third-order valence-corrected chi connectivity index (χ3v) is 2.86. The van der Waals surface area contributed by atoms with Gasteiger partial charge in [-0.1, -0.05) is 6.92 Å². The SMILES string of the molecule is CCc1cc(CO)cc(Oc2ccc(C(F)(F)F)cc2)n1. The summed E-state index contributed by atoms with van der Waals surface area (Å²) in [6.45, 7) is 1.75. The molecule has 0 saturated heterocycles. The Morgan fingerprint density at radius 2 is 1.81 bits per heavy atom. The molecular weight excluding hydrogens is 283 g/mol. The van der Waals surface area contributed by atoms with E-state index in [-0.39, 0.29) is 18.2 Å². The molecule has 0 aliphatic heterocycles. The van der Waals surface area contributed by atoms with Crippen LogP contribution in [0.4, 0.5) is 13.2 Å². The molecule has 0 bridgehead atoms. The molecule has 2 rings (SSSR count). The molecule has 6 heteroatoms. The summed E-state index contributed by atoms with van der Waals surface area (Å²) in [5.74, 6) is 0.505. The summed E-state index contributed by atoms with van der Waals surface area (Å²) in [7, 11) is 0. The Balaban J connectivity index is 2.22. The largest absolute Gasteiger partial charge is 0.439 e. The van der Waals surface area contributed by atoms with Crippen molar-refractivity contribution in [1.29, 1.82) is 0 Å². The predicted molar refractivity (Wildman–Crippen MR) is 71.1 cm³/mol. The molecule has 2 aromatic rings. The van der Waals surface area contributed by atoms with Gasteiger partial charge in [0.1, 0.15) is 5.75 Å². The Labute approximate surface area is 120 Å². The fourth-order valence-corrected chi connectivity index (χ4v) is 1.78. The van der Waals surface area contributed by atoms with E-state index in [1.54, 1.807) is 12.1 Å². The average Bonchev–Trinajstić information content (AvgIpc) is 2.46. The van der Waals surface area contributed by atoms with E-state index < -0.39 is 11.7 Å². The summed E-state index contributed by atoms with van der Waals surface area (Å²) >= 11 is 0. The monoisotopic (exact) mass is 297 g/mol. The zero-order chi connectivity index (χ0) is 15.5. The molecule has 0 atom stereocenters. The Kier molecular flexibility index (Phi) is 4.47. The Morgan fingerprint density at radius 1 is 1.14 bits per heavy atom. The van der Waals surface area contributed by atoms with E-state index in [9.17, 15) is 13.2 Å². The maximum absolute atomic E-state index is 12.5. The maximum atomic E-state index is 12.5. The highest BCUT2D eigenvalue weighted by molar-refractivity contribution is 5.33. The molecule has 1 N–H and O–H groups in total. The van der Waals surface area contributed by atoms with Crippen molar-refractivity contribution < 1.29 is 23.0 Å². The van der Waals surface area contributed by atoms with E-state index in [1.165, 1.54) is 12.1 Å².